The first-order chi connectivity index (χ1) is 12.2. The van der Waals surface area contributed by atoms with E-state index in [2.05, 4.69) is 20.7 Å². The first kappa shape index (κ1) is 17.0. The third-order valence-corrected chi connectivity index (χ3v) is 3.84. The predicted molar refractivity (Wildman–Crippen MR) is 89.8 cm³/mol. The molecule has 1 aliphatic rings. The largest absolute Gasteiger partial charge is 0.461 e. The highest BCUT2D eigenvalue weighted by atomic mass is 16.5. The van der Waals surface area contributed by atoms with Gasteiger partial charge in [0.2, 0.25) is 5.76 Å². The molecule has 0 unspecified atom stereocenters. The summed E-state index contributed by atoms with van der Waals surface area (Å²) in [4.78, 5) is 11.8. The van der Waals surface area contributed by atoms with E-state index in [0.29, 0.717) is 17.2 Å². The van der Waals surface area contributed by atoms with Gasteiger partial charge < -0.3 is 19.4 Å². The summed E-state index contributed by atoms with van der Waals surface area (Å²) in [7, 11) is 0. The maximum absolute atomic E-state index is 11.8. The number of nitrogens with one attached hydrogen (secondary N) is 2. The smallest absolute Gasteiger partial charge is 0.277 e. The Bertz CT molecular complexity index is 759. The van der Waals surface area contributed by atoms with Crippen LogP contribution in [0.15, 0.2) is 45.8 Å². The maximum Gasteiger partial charge on any atom is 0.277 e. The van der Waals surface area contributed by atoms with Gasteiger partial charge >= 0.3 is 0 Å². The molecular formula is C17H20N4O4. The molecule has 0 radical (unpaired) electrons. The van der Waals surface area contributed by atoms with Crippen molar-refractivity contribution >= 4 is 11.6 Å². The summed E-state index contributed by atoms with van der Waals surface area (Å²) < 4.78 is 10.2. The molecule has 0 aliphatic heterocycles. The molecule has 4 rings (SSSR count). The number of furan rings is 1. The molecule has 0 saturated heterocycles. The number of H-pyrrole nitrogens is 1. The van der Waals surface area contributed by atoms with Gasteiger partial charge in [-0.1, -0.05) is 24.4 Å². The van der Waals surface area contributed by atoms with E-state index in [0.717, 1.165) is 12.8 Å². The molecule has 0 spiro atoms. The molecule has 1 aliphatic carbocycles. The van der Waals surface area contributed by atoms with Gasteiger partial charge in [0.1, 0.15) is 0 Å². The molecular weight excluding hydrogens is 324 g/mol. The zero-order valence-corrected chi connectivity index (χ0v) is 13.6. The lowest BCUT2D eigenvalue weighted by molar-refractivity contribution is 0.101. The second-order valence-corrected chi connectivity index (χ2v) is 5.79. The number of nitrogens with zero attached hydrogens (tertiary/aromatic N) is 2. The Labute approximate surface area is 144 Å². The van der Waals surface area contributed by atoms with Gasteiger partial charge in [0.15, 0.2) is 11.5 Å². The van der Waals surface area contributed by atoms with Crippen molar-refractivity contribution in [2.24, 2.45) is 0 Å². The van der Waals surface area contributed by atoms with Crippen molar-refractivity contribution in [1.82, 2.24) is 15.4 Å². The van der Waals surface area contributed by atoms with Crippen LogP contribution in [-0.4, -0.2) is 32.5 Å². The molecule has 3 aromatic rings. The number of hydrogen-bond donors (Lipinski definition) is 3. The van der Waals surface area contributed by atoms with Crippen molar-refractivity contribution in [2.75, 3.05) is 5.32 Å². The Kier molecular flexibility index (Phi) is 5.63. The highest BCUT2D eigenvalue weighted by Gasteiger charge is 2.15. The SMILES string of the molecule is O=C(Nc1cn[nH]c1)c1cc(-c2ccco2)on1.OC1CCCCC1. The van der Waals surface area contributed by atoms with E-state index in [1.54, 1.807) is 18.3 Å². The number of aromatic nitrogens is 3. The van der Waals surface area contributed by atoms with Gasteiger partial charge in [-0.15, -0.1) is 0 Å². The molecule has 0 atom stereocenters. The number of amides is 1. The molecule has 132 valence electrons. The summed E-state index contributed by atoms with van der Waals surface area (Å²) in [6, 6.07) is 4.95. The molecule has 3 aromatic heterocycles. The average Bonchev–Trinajstić information content (AvgIpc) is 3.37. The van der Waals surface area contributed by atoms with Gasteiger partial charge in [0.05, 0.1) is 24.3 Å². The molecule has 8 nitrogen and oxygen atoms in total. The fraction of sp³-hybridized carbons (Fsp3) is 0.353. The van der Waals surface area contributed by atoms with E-state index < -0.39 is 0 Å². The van der Waals surface area contributed by atoms with Crippen LogP contribution in [0.5, 0.6) is 0 Å². The van der Waals surface area contributed by atoms with Gasteiger partial charge in [-0.25, -0.2) is 0 Å². The van der Waals surface area contributed by atoms with Gasteiger partial charge in [0, 0.05) is 12.3 Å². The Morgan fingerprint density at radius 1 is 1.28 bits per heavy atom. The van der Waals surface area contributed by atoms with E-state index in [1.165, 1.54) is 37.8 Å². The summed E-state index contributed by atoms with van der Waals surface area (Å²) in [6.07, 6.45) is 10.5. The number of hydrogen-bond acceptors (Lipinski definition) is 6. The Morgan fingerprint density at radius 3 is 2.72 bits per heavy atom. The van der Waals surface area contributed by atoms with Crippen LogP contribution in [0, 0.1) is 0 Å². The summed E-state index contributed by atoms with van der Waals surface area (Å²) in [5, 5.41) is 21.5. The van der Waals surface area contributed by atoms with Gasteiger partial charge in [0.25, 0.3) is 5.91 Å². The number of rotatable bonds is 3. The van der Waals surface area contributed by atoms with Crippen molar-refractivity contribution < 1.29 is 18.8 Å². The predicted octanol–water partition coefficient (Wildman–Crippen LogP) is 3.22. The van der Waals surface area contributed by atoms with Crippen LogP contribution in [0.25, 0.3) is 11.5 Å². The van der Waals surface area contributed by atoms with Crippen molar-refractivity contribution in [3.05, 3.63) is 42.5 Å². The lowest BCUT2D eigenvalue weighted by Gasteiger charge is -2.14. The number of aromatic amines is 1. The number of aliphatic hydroxyl groups is 1. The zero-order valence-electron chi connectivity index (χ0n) is 13.6. The number of aliphatic hydroxyl groups excluding tert-OH is 1. The first-order valence-corrected chi connectivity index (χ1v) is 8.21. The second kappa shape index (κ2) is 8.29. The second-order valence-electron chi connectivity index (χ2n) is 5.79. The lowest BCUT2D eigenvalue weighted by Crippen LogP contribution is -2.11. The van der Waals surface area contributed by atoms with Crippen LogP contribution < -0.4 is 5.32 Å². The van der Waals surface area contributed by atoms with Crippen molar-refractivity contribution in [1.29, 1.82) is 0 Å². The van der Waals surface area contributed by atoms with E-state index in [4.69, 9.17) is 14.0 Å². The van der Waals surface area contributed by atoms with Crippen LogP contribution in [0.4, 0.5) is 5.69 Å². The summed E-state index contributed by atoms with van der Waals surface area (Å²) >= 11 is 0. The molecule has 8 heteroatoms. The normalized spacial score (nSPS) is 14.6. The summed E-state index contributed by atoms with van der Waals surface area (Å²) in [5.41, 5.74) is 0.727. The Hall–Kier alpha value is -2.87. The Balaban J connectivity index is 0.000000219. The van der Waals surface area contributed by atoms with Crippen LogP contribution in [0.1, 0.15) is 42.6 Å². The monoisotopic (exact) mass is 344 g/mol. The third kappa shape index (κ3) is 4.80. The molecule has 1 fully saturated rings. The van der Waals surface area contributed by atoms with Gasteiger partial charge in [-0.3, -0.25) is 9.89 Å². The topological polar surface area (TPSA) is 117 Å². The average molecular weight is 344 g/mol. The highest BCUT2D eigenvalue weighted by molar-refractivity contribution is 6.03. The van der Waals surface area contributed by atoms with E-state index in [-0.39, 0.29) is 17.7 Å². The molecule has 1 saturated carbocycles. The van der Waals surface area contributed by atoms with E-state index >= 15 is 0 Å². The number of carbonyl (C=O) groups excluding carboxylic acids is 1. The van der Waals surface area contributed by atoms with Crippen molar-refractivity contribution in [3.63, 3.8) is 0 Å². The molecule has 25 heavy (non-hydrogen) atoms. The first-order valence-electron chi connectivity index (χ1n) is 8.21. The van der Waals surface area contributed by atoms with Crippen molar-refractivity contribution in [2.45, 2.75) is 38.2 Å². The van der Waals surface area contributed by atoms with Crippen molar-refractivity contribution in [3.8, 4) is 11.5 Å². The molecule has 0 aromatic carbocycles. The molecule has 1 amide bonds. The zero-order chi connectivity index (χ0) is 17.5. The Morgan fingerprint density at radius 2 is 2.12 bits per heavy atom. The third-order valence-electron chi connectivity index (χ3n) is 3.84. The van der Waals surface area contributed by atoms with Crippen LogP contribution >= 0.6 is 0 Å². The fourth-order valence-corrected chi connectivity index (χ4v) is 2.51. The molecule has 3 N–H and O–H groups in total. The molecule has 0 bridgehead atoms. The fourth-order valence-electron chi connectivity index (χ4n) is 2.51. The minimum Gasteiger partial charge on any atom is -0.461 e. The van der Waals surface area contributed by atoms with E-state index in [9.17, 15) is 4.79 Å². The quantitative estimate of drug-likeness (QED) is 0.671. The number of anilines is 1. The number of carbonyl (C=O) groups is 1. The van der Waals surface area contributed by atoms with Crippen LogP contribution in [0.3, 0.4) is 0 Å². The minimum absolute atomic E-state index is 0.0359. The van der Waals surface area contributed by atoms with Crippen LogP contribution in [-0.2, 0) is 0 Å². The van der Waals surface area contributed by atoms with Gasteiger partial charge in [-0.2, -0.15) is 5.10 Å². The minimum atomic E-state index is -0.377. The summed E-state index contributed by atoms with van der Waals surface area (Å²) in [5.74, 6) is 0.542. The lowest BCUT2D eigenvalue weighted by atomic mass is 9.98. The van der Waals surface area contributed by atoms with E-state index in [1.807, 2.05) is 0 Å². The maximum atomic E-state index is 11.8. The summed E-state index contributed by atoms with van der Waals surface area (Å²) in [6.45, 7) is 0. The molecule has 3 heterocycles. The standard InChI is InChI=1S/C11H8N4O3.C6H12O/c16-11(14-7-5-12-13-6-7)8-4-10(18-15-8)9-2-1-3-17-9;7-6-4-2-1-3-5-6/h1-6H,(H,12,13)(H,14,16);6-7H,1-5H2. The van der Waals surface area contributed by atoms with Gasteiger partial charge in [-0.05, 0) is 25.0 Å². The highest BCUT2D eigenvalue weighted by Crippen LogP contribution is 2.21. The van der Waals surface area contributed by atoms with Crippen LogP contribution in [0.2, 0.25) is 0 Å².